The van der Waals surface area contributed by atoms with Crippen LogP contribution in [-0.2, 0) is 5.41 Å². The van der Waals surface area contributed by atoms with E-state index in [1.165, 1.54) is 38.6 Å². The van der Waals surface area contributed by atoms with Crippen molar-refractivity contribution in [1.29, 1.82) is 0 Å². The Morgan fingerprint density at radius 2 is 0.653 bits per heavy atom. The summed E-state index contributed by atoms with van der Waals surface area (Å²) in [5.41, 5.74) is 9.93. The van der Waals surface area contributed by atoms with Gasteiger partial charge < -0.3 is 0 Å². The highest BCUT2D eigenvalue weighted by molar-refractivity contribution is 5.87. The number of aromatic nitrogens is 3. The summed E-state index contributed by atoms with van der Waals surface area (Å²) < 4.78 is 0. The lowest BCUT2D eigenvalue weighted by Gasteiger charge is -2.26. The van der Waals surface area contributed by atoms with Crippen molar-refractivity contribution in [2.75, 3.05) is 0 Å². The van der Waals surface area contributed by atoms with Gasteiger partial charge in [0.15, 0.2) is 17.5 Å². The molecule has 49 heavy (non-hydrogen) atoms. The van der Waals surface area contributed by atoms with Crippen molar-refractivity contribution in [2.45, 2.75) is 19.3 Å². The van der Waals surface area contributed by atoms with E-state index in [4.69, 9.17) is 15.0 Å². The van der Waals surface area contributed by atoms with Crippen molar-refractivity contribution < 1.29 is 0 Å². The van der Waals surface area contributed by atoms with Crippen LogP contribution < -0.4 is 0 Å². The number of rotatable bonds is 7. The van der Waals surface area contributed by atoms with Gasteiger partial charge in [-0.1, -0.05) is 184 Å². The lowest BCUT2D eigenvalue weighted by atomic mass is 9.77. The summed E-state index contributed by atoms with van der Waals surface area (Å²) in [4.78, 5) is 14.9. The average molecular weight is 630 g/mol. The smallest absolute Gasteiger partial charge is 0.164 e. The van der Waals surface area contributed by atoms with Crippen LogP contribution in [0.5, 0.6) is 0 Å². The SMILES string of the molecule is CC(C)(c1ccc(-c2ccc3ccccc3c2)cc1)c1ccc(-c2nc(-c3ccccc3)nc(-c3ccc(-c4ccccc4)cc3)n2)cc1. The maximum atomic E-state index is 4.99. The van der Waals surface area contributed by atoms with E-state index in [1.807, 2.05) is 36.4 Å². The Balaban J connectivity index is 1.09. The first-order valence-electron chi connectivity index (χ1n) is 16.7. The predicted molar refractivity (Wildman–Crippen MR) is 203 cm³/mol. The number of nitrogens with zero attached hydrogens (tertiary/aromatic N) is 3. The van der Waals surface area contributed by atoms with Gasteiger partial charge in [0.25, 0.3) is 0 Å². The number of benzene rings is 7. The van der Waals surface area contributed by atoms with Crippen LogP contribution in [0.1, 0.15) is 25.0 Å². The van der Waals surface area contributed by atoms with Gasteiger partial charge in [-0.25, -0.2) is 15.0 Å². The molecule has 8 rings (SSSR count). The first-order valence-corrected chi connectivity index (χ1v) is 16.7. The summed E-state index contributed by atoms with van der Waals surface area (Å²) in [5, 5.41) is 2.52. The molecule has 3 nitrogen and oxygen atoms in total. The third kappa shape index (κ3) is 6.15. The van der Waals surface area contributed by atoms with E-state index < -0.39 is 0 Å². The van der Waals surface area contributed by atoms with Crippen LogP contribution in [-0.4, -0.2) is 15.0 Å². The van der Waals surface area contributed by atoms with E-state index in [1.54, 1.807) is 0 Å². The van der Waals surface area contributed by atoms with Crippen molar-refractivity contribution in [3.63, 3.8) is 0 Å². The predicted octanol–water partition coefficient (Wildman–Crippen LogP) is 11.7. The second-order valence-corrected chi connectivity index (χ2v) is 13.0. The zero-order chi connectivity index (χ0) is 33.2. The lowest BCUT2D eigenvalue weighted by Crippen LogP contribution is -2.18. The minimum absolute atomic E-state index is 0.194. The molecule has 0 bridgehead atoms. The van der Waals surface area contributed by atoms with Gasteiger partial charge in [-0.05, 0) is 50.2 Å². The zero-order valence-electron chi connectivity index (χ0n) is 27.6. The molecule has 0 atom stereocenters. The number of fused-ring (bicyclic) bond motifs is 1. The Morgan fingerprint density at radius 1 is 0.306 bits per heavy atom. The fraction of sp³-hybridized carbons (Fsp3) is 0.0652. The van der Waals surface area contributed by atoms with Crippen LogP contribution >= 0.6 is 0 Å². The molecule has 0 N–H and O–H groups in total. The molecule has 0 unspecified atom stereocenters. The Morgan fingerprint density at radius 3 is 1.20 bits per heavy atom. The highest BCUT2D eigenvalue weighted by Crippen LogP contribution is 2.35. The number of hydrogen-bond donors (Lipinski definition) is 0. The lowest BCUT2D eigenvalue weighted by molar-refractivity contribution is 0.641. The Bertz CT molecular complexity index is 2360. The summed E-state index contributed by atoms with van der Waals surface area (Å²) >= 11 is 0. The Kier molecular flexibility index (Phi) is 7.87. The van der Waals surface area contributed by atoms with Crippen molar-refractivity contribution in [1.82, 2.24) is 15.0 Å². The van der Waals surface area contributed by atoms with Crippen LogP contribution in [0.15, 0.2) is 176 Å². The zero-order valence-corrected chi connectivity index (χ0v) is 27.6. The highest BCUT2D eigenvalue weighted by atomic mass is 15.0. The Hall–Kier alpha value is -6.19. The minimum Gasteiger partial charge on any atom is -0.208 e. The third-order valence-corrected chi connectivity index (χ3v) is 9.47. The van der Waals surface area contributed by atoms with Gasteiger partial charge in [-0.15, -0.1) is 0 Å². The van der Waals surface area contributed by atoms with Crippen molar-refractivity contribution in [2.24, 2.45) is 0 Å². The molecule has 0 fully saturated rings. The van der Waals surface area contributed by atoms with Gasteiger partial charge in [0, 0.05) is 22.1 Å². The molecule has 0 saturated heterocycles. The van der Waals surface area contributed by atoms with E-state index in [0.717, 1.165) is 22.3 Å². The second kappa shape index (κ2) is 12.8. The van der Waals surface area contributed by atoms with Crippen LogP contribution in [0, 0.1) is 0 Å². The molecular weight excluding hydrogens is 595 g/mol. The van der Waals surface area contributed by atoms with Gasteiger partial charge in [0.05, 0.1) is 0 Å². The summed E-state index contributed by atoms with van der Waals surface area (Å²) in [6, 6.07) is 61.8. The van der Waals surface area contributed by atoms with Gasteiger partial charge in [-0.2, -0.15) is 0 Å². The largest absolute Gasteiger partial charge is 0.208 e. The molecule has 3 heteroatoms. The van der Waals surface area contributed by atoms with E-state index in [-0.39, 0.29) is 5.41 Å². The molecular formula is C46H35N3. The van der Waals surface area contributed by atoms with Crippen molar-refractivity contribution >= 4 is 10.8 Å². The topological polar surface area (TPSA) is 38.7 Å². The standard InChI is InChI=1S/C46H35N3/c1-46(2,41-27-23-35(24-28-41)40-22-19-33-13-9-10-16-39(33)31-40)42-29-25-38(26-30-42)45-48-43(36-14-7-4-8-15-36)47-44(49-45)37-20-17-34(18-21-37)32-11-5-3-6-12-32/h3-31H,1-2H3. The quantitative estimate of drug-likeness (QED) is 0.176. The molecule has 1 aromatic heterocycles. The normalized spacial score (nSPS) is 11.5. The molecule has 0 aliphatic heterocycles. The molecule has 0 amide bonds. The molecule has 234 valence electrons. The van der Waals surface area contributed by atoms with Gasteiger partial charge >= 0.3 is 0 Å². The van der Waals surface area contributed by atoms with Crippen LogP contribution in [0.3, 0.4) is 0 Å². The van der Waals surface area contributed by atoms with Crippen LogP contribution in [0.4, 0.5) is 0 Å². The van der Waals surface area contributed by atoms with E-state index in [9.17, 15) is 0 Å². The molecule has 0 spiro atoms. The molecule has 0 aliphatic rings. The fourth-order valence-corrected chi connectivity index (χ4v) is 6.44. The fourth-order valence-electron chi connectivity index (χ4n) is 6.44. The van der Waals surface area contributed by atoms with Gasteiger partial charge in [-0.3, -0.25) is 0 Å². The first-order chi connectivity index (χ1) is 24.0. The maximum absolute atomic E-state index is 4.99. The summed E-state index contributed by atoms with van der Waals surface area (Å²) in [7, 11) is 0. The molecule has 0 saturated carbocycles. The van der Waals surface area contributed by atoms with Crippen LogP contribution in [0.25, 0.3) is 67.2 Å². The number of hydrogen-bond acceptors (Lipinski definition) is 3. The summed E-state index contributed by atoms with van der Waals surface area (Å²) in [6.45, 7) is 4.56. The van der Waals surface area contributed by atoms with E-state index in [2.05, 4.69) is 153 Å². The maximum Gasteiger partial charge on any atom is 0.164 e. The molecule has 7 aromatic carbocycles. The molecule has 1 heterocycles. The monoisotopic (exact) mass is 629 g/mol. The van der Waals surface area contributed by atoms with Gasteiger partial charge in [0.1, 0.15) is 0 Å². The summed E-state index contributed by atoms with van der Waals surface area (Å²) in [5.74, 6) is 1.96. The molecule has 8 aromatic rings. The first kappa shape index (κ1) is 30.2. The van der Waals surface area contributed by atoms with Crippen LogP contribution in [0.2, 0.25) is 0 Å². The second-order valence-electron chi connectivity index (χ2n) is 13.0. The van der Waals surface area contributed by atoms with E-state index >= 15 is 0 Å². The molecule has 0 aliphatic carbocycles. The molecule has 0 radical (unpaired) electrons. The highest BCUT2D eigenvalue weighted by Gasteiger charge is 2.23. The van der Waals surface area contributed by atoms with Gasteiger partial charge in [0.2, 0.25) is 0 Å². The van der Waals surface area contributed by atoms with Crippen molar-refractivity contribution in [3.05, 3.63) is 187 Å². The Labute approximate surface area is 287 Å². The third-order valence-electron chi connectivity index (χ3n) is 9.47. The minimum atomic E-state index is -0.194. The average Bonchev–Trinajstić information content (AvgIpc) is 3.18. The summed E-state index contributed by atoms with van der Waals surface area (Å²) in [6.07, 6.45) is 0. The van der Waals surface area contributed by atoms with Crippen molar-refractivity contribution in [3.8, 4) is 56.4 Å². The van der Waals surface area contributed by atoms with E-state index in [0.29, 0.717) is 17.5 Å².